The van der Waals surface area contributed by atoms with Crippen LogP contribution < -0.4 is 31.3 Å². The summed E-state index contributed by atoms with van der Waals surface area (Å²) in [5.74, 6) is -4.62. The highest BCUT2D eigenvalue weighted by Gasteiger charge is 2.33. The number of methoxy groups -OCH3 is 1. The Morgan fingerprint density at radius 1 is 0.638 bits per heavy atom. The number of anilines is 1. The molecule has 4 aromatic carbocycles. The van der Waals surface area contributed by atoms with Crippen LogP contribution in [0.3, 0.4) is 0 Å². The number of carbonyl (C=O) groups excluding carboxylic acids is 5. The first-order chi connectivity index (χ1) is 27.7. The van der Waals surface area contributed by atoms with E-state index in [0.29, 0.717) is 28.1 Å². The van der Waals surface area contributed by atoms with Crippen molar-refractivity contribution in [1.82, 2.24) is 21.3 Å². The van der Waals surface area contributed by atoms with Gasteiger partial charge in [0.2, 0.25) is 29.5 Å². The zero-order chi connectivity index (χ0) is 41.8. The summed E-state index contributed by atoms with van der Waals surface area (Å²) in [7, 11) is 1.48. The average molecular weight is 802 g/mol. The van der Waals surface area contributed by atoms with Crippen molar-refractivity contribution >= 4 is 41.2 Å². The van der Waals surface area contributed by atoms with Crippen LogP contribution in [0.2, 0.25) is 0 Å². The largest absolute Gasteiger partial charge is 0.497 e. The van der Waals surface area contributed by atoms with Crippen molar-refractivity contribution in [2.45, 2.75) is 68.9 Å². The number of carbonyl (C=O) groups is 6. The van der Waals surface area contributed by atoms with E-state index in [1.165, 1.54) is 7.11 Å². The predicted octanol–water partition coefficient (Wildman–Crippen LogP) is 3.74. The third-order valence-electron chi connectivity index (χ3n) is 9.39. The Balaban J connectivity index is 1.52. The monoisotopic (exact) mass is 801 g/mol. The van der Waals surface area contributed by atoms with Gasteiger partial charge in [-0.3, -0.25) is 24.0 Å². The van der Waals surface area contributed by atoms with Crippen LogP contribution in [0.25, 0.3) is 0 Å². The van der Waals surface area contributed by atoms with E-state index >= 15 is 0 Å². The van der Waals surface area contributed by atoms with E-state index in [4.69, 9.17) is 4.74 Å². The summed E-state index contributed by atoms with van der Waals surface area (Å²) < 4.78 is 45.4. The maximum Gasteiger partial charge on any atom is 0.416 e. The van der Waals surface area contributed by atoms with Gasteiger partial charge in [0.1, 0.15) is 29.9 Å². The summed E-state index contributed by atoms with van der Waals surface area (Å²) in [6.45, 7) is 0. The number of carboxylic acid groups (broad SMARTS) is 1. The van der Waals surface area contributed by atoms with Crippen molar-refractivity contribution in [2.24, 2.45) is 0 Å². The lowest BCUT2D eigenvalue weighted by Gasteiger charge is -2.26. The molecule has 0 saturated carbocycles. The number of carboxylic acids is 1. The van der Waals surface area contributed by atoms with Crippen molar-refractivity contribution in [3.05, 3.63) is 131 Å². The fraction of sp³-hybridized carbons (Fsp3) is 0.286. The van der Waals surface area contributed by atoms with Gasteiger partial charge in [-0.1, -0.05) is 66.7 Å². The summed E-state index contributed by atoms with van der Waals surface area (Å²) in [4.78, 5) is 80.7. The van der Waals surface area contributed by atoms with Gasteiger partial charge < -0.3 is 36.4 Å². The summed E-state index contributed by atoms with van der Waals surface area (Å²) in [5, 5.41) is 23.1. The van der Waals surface area contributed by atoms with Crippen LogP contribution in [-0.2, 0) is 60.6 Å². The Morgan fingerprint density at radius 2 is 1.12 bits per heavy atom. The first kappa shape index (κ1) is 42.4. The van der Waals surface area contributed by atoms with Crippen molar-refractivity contribution in [2.75, 3.05) is 12.4 Å². The van der Waals surface area contributed by atoms with Crippen LogP contribution in [-0.4, -0.2) is 71.9 Å². The third kappa shape index (κ3) is 12.4. The highest BCUT2D eigenvalue weighted by molar-refractivity contribution is 5.96. The molecule has 0 spiro atoms. The fourth-order valence-corrected chi connectivity index (χ4v) is 6.23. The topological polar surface area (TPSA) is 192 Å². The average Bonchev–Trinajstić information content (AvgIpc) is 3.19. The molecule has 304 valence electrons. The molecule has 0 saturated heterocycles. The molecule has 2 heterocycles. The van der Waals surface area contributed by atoms with Crippen LogP contribution in [0, 0.1) is 0 Å². The van der Waals surface area contributed by atoms with E-state index in [0.717, 1.165) is 24.3 Å². The molecule has 4 aromatic rings. The molecule has 5 amide bonds. The number of hydrogen-bond acceptors (Lipinski definition) is 7. The van der Waals surface area contributed by atoms with Crippen molar-refractivity contribution in [3.63, 3.8) is 0 Å². The Bertz CT molecular complexity index is 2080. The zero-order valence-corrected chi connectivity index (χ0v) is 31.3. The highest BCUT2D eigenvalue weighted by Crippen LogP contribution is 2.29. The minimum atomic E-state index is -4.63. The molecular weight excluding hydrogens is 759 g/mol. The quantitative estimate of drug-likeness (QED) is 0.145. The minimum Gasteiger partial charge on any atom is -0.497 e. The number of alkyl halides is 3. The molecule has 2 aliphatic rings. The Hall–Kier alpha value is -6.71. The number of ether oxygens (including phenoxy) is 1. The van der Waals surface area contributed by atoms with E-state index in [1.807, 2.05) is 0 Å². The number of nitrogens with one attached hydrogen (secondary N) is 5. The summed E-state index contributed by atoms with van der Waals surface area (Å²) in [6, 6.07) is 19.7. The molecule has 2 aliphatic heterocycles. The second kappa shape index (κ2) is 19.4. The molecule has 16 heteroatoms. The second-order valence-corrected chi connectivity index (χ2v) is 13.7. The van der Waals surface area contributed by atoms with E-state index in [1.54, 1.807) is 78.9 Å². The fourth-order valence-electron chi connectivity index (χ4n) is 6.23. The molecule has 0 unspecified atom stereocenters. The van der Waals surface area contributed by atoms with Gasteiger partial charge in [-0.2, -0.15) is 13.2 Å². The maximum atomic E-state index is 14.2. The second-order valence-electron chi connectivity index (χ2n) is 13.7. The van der Waals surface area contributed by atoms with Gasteiger partial charge in [0.15, 0.2) is 0 Å². The number of hydrogen-bond donors (Lipinski definition) is 6. The molecular formula is C42H42F3N5O8. The van der Waals surface area contributed by atoms with E-state index in [2.05, 4.69) is 26.6 Å². The van der Waals surface area contributed by atoms with Gasteiger partial charge in [-0.25, -0.2) is 4.79 Å². The van der Waals surface area contributed by atoms with Gasteiger partial charge in [0.05, 0.1) is 12.7 Å². The van der Waals surface area contributed by atoms with Crippen LogP contribution in [0.4, 0.5) is 18.9 Å². The van der Waals surface area contributed by atoms with Crippen molar-refractivity contribution in [3.8, 4) is 5.75 Å². The number of halogens is 3. The first-order valence-corrected chi connectivity index (χ1v) is 18.3. The van der Waals surface area contributed by atoms with Gasteiger partial charge in [-0.05, 0) is 58.7 Å². The summed E-state index contributed by atoms with van der Waals surface area (Å²) in [5.41, 5.74) is 1.35. The molecule has 4 atom stereocenters. The molecule has 13 nitrogen and oxygen atoms in total. The number of amides is 5. The van der Waals surface area contributed by atoms with E-state index in [9.17, 15) is 47.0 Å². The zero-order valence-electron chi connectivity index (χ0n) is 31.3. The number of rotatable bonds is 8. The number of fused-ring (bicyclic) bond motifs is 18. The Labute approximate surface area is 331 Å². The van der Waals surface area contributed by atoms with Gasteiger partial charge in [-0.15, -0.1) is 0 Å². The molecule has 0 aliphatic carbocycles. The molecule has 0 radical (unpaired) electrons. The molecule has 2 bridgehead atoms. The lowest BCUT2D eigenvalue weighted by Crippen LogP contribution is -2.59. The van der Waals surface area contributed by atoms with Gasteiger partial charge in [0, 0.05) is 44.2 Å². The van der Waals surface area contributed by atoms with Crippen LogP contribution in [0.1, 0.15) is 40.7 Å². The van der Waals surface area contributed by atoms with Crippen LogP contribution in [0.5, 0.6) is 5.75 Å². The normalized spacial score (nSPS) is 20.0. The lowest BCUT2D eigenvalue weighted by atomic mass is 9.99. The van der Waals surface area contributed by atoms with Crippen LogP contribution >= 0.6 is 0 Å². The molecule has 58 heavy (non-hydrogen) atoms. The molecule has 6 rings (SSSR count). The highest BCUT2D eigenvalue weighted by atomic mass is 19.4. The molecule has 6 N–H and O–H groups in total. The number of aliphatic carboxylic acids is 1. The maximum absolute atomic E-state index is 14.2. The molecule has 0 aromatic heterocycles. The molecule has 0 fully saturated rings. The van der Waals surface area contributed by atoms with E-state index in [-0.39, 0.29) is 44.1 Å². The number of benzene rings is 4. The summed E-state index contributed by atoms with van der Waals surface area (Å²) >= 11 is 0. The Morgan fingerprint density at radius 3 is 1.64 bits per heavy atom. The van der Waals surface area contributed by atoms with E-state index < -0.39 is 71.4 Å². The smallest absolute Gasteiger partial charge is 0.416 e. The summed E-state index contributed by atoms with van der Waals surface area (Å²) in [6.07, 6.45) is -5.90. The van der Waals surface area contributed by atoms with Gasteiger partial charge >= 0.3 is 12.1 Å². The van der Waals surface area contributed by atoms with Crippen molar-refractivity contribution < 1.29 is 51.8 Å². The first-order valence-electron chi connectivity index (χ1n) is 18.3. The van der Waals surface area contributed by atoms with Gasteiger partial charge in [0.25, 0.3) is 0 Å². The Kier molecular flexibility index (Phi) is 14.2. The standard InChI is InChI=1S/C42H42F3N5O8/c1-58-31-17-11-28(12-18-31)22-32-38(53)48-34(23-26-7-13-29(14-8-26)42(43,44)45)39(54)49-33(21-25-5-3-2-4-6-25)40(55)50-35(41(56)57)24-27-9-15-30(16-10-27)46-36(51)19-20-37(52)47-32/h2-18,32-35H,19-24H2,1H3,(H,46,51)(H,47,52)(H,48,53)(H,49,54)(H,50,55)(H,56,57)/t32-,33-,34+,35+/m1/s1. The van der Waals surface area contributed by atoms with Crippen molar-refractivity contribution in [1.29, 1.82) is 0 Å². The minimum absolute atomic E-state index is 0.0790. The van der Waals surface area contributed by atoms with Crippen LogP contribution in [0.15, 0.2) is 103 Å². The predicted molar refractivity (Wildman–Crippen MR) is 205 cm³/mol. The third-order valence-corrected chi connectivity index (χ3v) is 9.39. The lowest BCUT2D eigenvalue weighted by molar-refractivity contribution is -0.142. The SMILES string of the molecule is COc1ccc(C[C@H]2NC(=O)CCC(=O)Nc3ccc(cc3)C[C@@H](C(=O)O)NC(=O)[C@@H](Cc3ccccc3)NC(=O)[C@H](Cc3ccc(C(F)(F)F)cc3)NC2=O)cc1.